The molecular weight excluding hydrogens is 335 g/mol. The van der Waals surface area contributed by atoms with E-state index in [2.05, 4.69) is 104 Å². The average molecular weight is 356 g/mol. The molecule has 0 amide bonds. The van der Waals surface area contributed by atoms with Crippen molar-refractivity contribution in [3.05, 3.63) is 91.0 Å². The van der Waals surface area contributed by atoms with E-state index in [4.69, 9.17) is 0 Å². The Labute approximate surface area is 148 Å². The van der Waals surface area contributed by atoms with E-state index in [1.807, 2.05) is 0 Å². The highest BCUT2D eigenvalue weighted by Gasteiger charge is 2.14. The minimum atomic E-state index is -0.446. The lowest BCUT2D eigenvalue weighted by atomic mass is 10.4. The molecule has 0 radical (unpaired) electrons. The molecule has 0 nitrogen and oxygen atoms in total. The minimum absolute atomic E-state index is 0.446. The highest BCUT2D eigenvalue weighted by molar-refractivity contribution is 8.76. The summed E-state index contributed by atoms with van der Waals surface area (Å²) in [5.74, 6) is 0. The lowest BCUT2D eigenvalue weighted by Gasteiger charge is -2.18. The van der Waals surface area contributed by atoms with Gasteiger partial charge in [-0.3, -0.25) is 0 Å². The van der Waals surface area contributed by atoms with Gasteiger partial charge in [0.25, 0.3) is 0 Å². The Hall–Kier alpha value is -1.21. The Morgan fingerprint density at radius 3 is 0.957 bits per heavy atom. The predicted octanol–water partition coefficient (Wildman–Crippen LogP) is 5.07. The van der Waals surface area contributed by atoms with E-state index in [1.165, 1.54) is 15.9 Å². The average Bonchev–Trinajstić information content (AvgIpc) is 2.65. The minimum Gasteiger partial charge on any atom is -0.0979 e. The third-order valence-electron chi connectivity index (χ3n) is 3.21. The molecule has 0 atom stereocenters. The molecule has 0 aromatic heterocycles. The molecule has 0 heterocycles. The molecule has 23 heavy (non-hydrogen) atoms. The van der Waals surface area contributed by atoms with Crippen LogP contribution in [0.2, 0.25) is 0 Å². The van der Waals surface area contributed by atoms with Crippen molar-refractivity contribution in [2.45, 2.75) is 0 Å². The van der Waals surface area contributed by atoms with Gasteiger partial charge in [0.1, 0.15) is 0 Å². The topological polar surface area (TPSA) is 0 Å². The zero-order chi connectivity index (χ0) is 16.3. The van der Waals surface area contributed by atoms with Crippen molar-refractivity contribution in [1.82, 2.24) is 0 Å². The quantitative estimate of drug-likeness (QED) is 0.473. The van der Waals surface area contributed by atoms with Gasteiger partial charge in [-0.1, -0.05) is 113 Å². The van der Waals surface area contributed by atoms with E-state index in [9.17, 15) is 0 Å². The zero-order valence-corrected chi connectivity index (χ0v) is 16.0. The molecule has 0 unspecified atom stereocenters. The van der Waals surface area contributed by atoms with Crippen LogP contribution in [0.15, 0.2) is 91.0 Å². The monoisotopic (exact) mass is 356 g/mol. The van der Waals surface area contributed by atoms with Gasteiger partial charge in [-0.25, -0.2) is 0 Å². The zero-order valence-electron chi connectivity index (χ0n) is 13.4. The first-order chi connectivity index (χ1) is 11.4. The molecule has 0 saturated heterocycles. The van der Waals surface area contributed by atoms with Gasteiger partial charge >= 0.3 is 0 Å². The van der Waals surface area contributed by atoms with E-state index in [0.29, 0.717) is 0 Å². The SMILES string of the molecule is CSSC.c1ccc(P(c2ccccc2)c2ccccc2)cc1. The van der Waals surface area contributed by atoms with Gasteiger partial charge in [-0.2, -0.15) is 0 Å². The molecule has 0 aliphatic carbocycles. The summed E-state index contributed by atoms with van der Waals surface area (Å²) in [4.78, 5) is 0. The van der Waals surface area contributed by atoms with Gasteiger partial charge in [-0.15, -0.1) is 0 Å². The molecule has 3 heteroatoms. The Morgan fingerprint density at radius 1 is 0.478 bits per heavy atom. The summed E-state index contributed by atoms with van der Waals surface area (Å²) < 4.78 is 0. The molecule has 3 aromatic carbocycles. The van der Waals surface area contributed by atoms with Crippen LogP contribution in [0.3, 0.4) is 0 Å². The van der Waals surface area contributed by atoms with Gasteiger partial charge in [0, 0.05) is 0 Å². The lowest BCUT2D eigenvalue weighted by molar-refractivity contribution is 1.74. The normalized spacial score (nSPS) is 10.0. The van der Waals surface area contributed by atoms with Crippen LogP contribution in [0.1, 0.15) is 0 Å². The molecule has 0 fully saturated rings. The summed E-state index contributed by atoms with van der Waals surface area (Å²) in [6, 6.07) is 32.3. The van der Waals surface area contributed by atoms with Crippen molar-refractivity contribution >= 4 is 45.4 Å². The van der Waals surface area contributed by atoms with Crippen molar-refractivity contribution in [2.24, 2.45) is 0 Å². The van der Waals surface area contributed by atoms with Crippen LogP contribution in [0.5, 0.6) is 0 Å². The summed E-state index contributed by atoms with van der Waals surface area (Å²) in [6.07, 6.45) is 4.12. The summed E-state index contributed by atoms with van der Waals surface area (Å²) in [7, 11) is 3.10. The smallest absolute Gasteiger partial charge is 0.00793 e. The van der Waals surface area contributed by atoms with Crippen LogP contribution >= 0.6 is 29.5 Å². The predicted molar refractivity (Wildman–Crippen MR) is 112 cm³/mol. The molecule has 0 saturated carbocycles. The Balaban J connectivity index is 0.000000433. The second kappa shape index (κ2) is 10.5. The highest BCUT2D eigenvalue weighted by Crippen LogP contribution is 2.32. The third-order valence-corrected chi connectivity index (χ3v) is 6.99. The van der Waals surface area contributed by atoms with Crippen molar-refractivity contribution in [3.8, 4) is 0 Å². The molecule has 3 rings (SSSR count). The Bertz CT molecular complexity index is 561. The lowest BCUT2D eigenvalue weighted by Crippen LogP contribution is -2.20. The largest absolute Gasteiger partial charge is 0.0979 e. The summed E-state index contributed by atoms with van der Waals surface area (Å²) in [5.41, 5.74) is 0. The van der Waals surface area contributed by atoms with Crippen molar-refractivity contribution in [2.75, 3.05) is 12.5 Å². The summed E-state index contributed by atoms with van der Waals surface area (Å²) in [6.45, 7) is 0. The fourth-order valence-electron chi connectivity index (χ4n) is 2.18. The van der Waals surface area contributed by atoms with Crippen LogP contribution in [-0.4, -0.2) is 12.5 Å². The van der Waals surface area contributed by atoms with E-state index >= 15 is 0 Å². The van der Waals surface area contributed by atoms with Gasteiger partial charge in [0.2, 0.25) is 0 Å². The number of benzene rings is 3. The van der Waals surface area contributed by atoms with Crippen LogP contribution in [0.25, 0.3) is 0 Å². The second-order valence-electron chi connectivity index (χ2n) is 4.68. The van der Waals surface area contributed by atoms with Gasteiger partial charge in [-0.05, 0) is 36.3 Å². The molecule has 0 aliphatic rings. The molecule has 0 spiro atoms. The highest BCUT2D eigenvalue weighted by atomic mass is 33.1. The first-order valence-corrected chi connectivity index (χ1v) is 11.7. The van der Waals surface area contributed by atoms with E-state index in [0.717, 1.165) is 0 Å². The van der Waals surface area contributed by atoms with Crippen molar-refractivity contribution in [3.63, 3.8) is 0 Å². The Morgan fingerprint density at radius 2 is 0.739 bits per heavy atom. The van der Waals surface area contributed by atoms with E-state index in [1.54, 1.807) is 21.6 Å². The summed E-state index contributed by atoms with van der Waals surface area (Å²) >= 11 is 0. The van der Waals surface area contributed by atoms with Gasteiger partial charge in [0.15, 0.2) is 0 Å². The standard InChI is InChI=1S/C18H15P.C2H6S2/c1-4-10-16(11-5-1)19(17-12-6-2-7-13-17)18-14-8-3-9-15-18;1-3-4-2/h1-15H;1-2H3. The van der Waals surface area contributed by atoms with Crippen molar-refractivity contribution < 1.29 is 0 Å². The number of hydrogen-bond donors (Lipinski definition) is 0. The maximum Gasteiger partial charge on any atom is -0.00793 e. The summed E-state index contributed by atoms with van der Waals surface area (Å²) in [5, 5.41) is 4.19. The second-order valence-corrected chi connectivity index (χ2v) is 9.56. The Kier molecular flexibility index (Phi) is 8.31. The molecular formula is C20H21PS2. The first-order valence-electron chi connectivity index (χ1n) is 7.39. The maximum atomic E-state index is 2.23. The maximum absolute atomic E-state index is 2.23. The van der Waals surface area contributed by atoms with E-state index < -0.39 is 7.92 Å². The van der Waals surface area contributed by atoms with Gasteiger partial charge < -0.3 is 0 Å². The van der Waals surface area contributed by atoms with Crippen LogP contribution in [0.4, 0.5) is 0 Å². The van der Waals surface area contributed by atoms with Crippen LogP contribution in [0, 0.1) is 0 Å². The van der Waals surface area contributed by atoms with Crippen molar-refractivity contribution in [1.29, 1.82) is 0 Å². The molecule has 0 bridgehead atoms. The molecule has 0 N–H and O–H groups in total. The number of rotatable bonds is 4. The number of hydrogen-bond acceptors (Lipinski definition) is 2. The molecule has 3 aromatic rings. The molecule has 118 valence electrons. The van der Waals surface area contributed by atoms with Crippen LogP contribution in [-0.2, 0) is 0 Å². The fourth-order valence-corrected chi connectivity index (χ4v) is 4.48. The van der Waals surface area contributed by atoms with Crippen LogP contribution < -0.4 is 15.9 Å². The van der Waals surface area contributed by atoms with Gasteiger partial charge in [0.05, 0.1) is 0 Å². The fraction of sp³-hybridized carbons (Fsp3) is 0.100. The van der Waals surface area contributed by atoms with E-state index in [-0.39, 0.29) is 0 Å². The molecule has 0 aliphatic heterocycles. The third kappa shape index (κ3) is 5.73. The first kappa shape index (κ1) is 18.1.